The fourth-order valence-electron chi connectivity index (χ4n) is 4.16. The lowest BCUT2D eigenvalue weighted by molar-refractivity contribution is 0.00777. The summed E-state index contributed by atoms with van der Waals surface area (Å²) >= 11 is 0. The molecule has 0 bridgehead atoms. The van der Waals surface area contributed by atoms with Crippen LogP contribution >= 0.6 is 0 Å². The van der Waals surface area contributed by atoms with Gasteiger partial charge < -0.3 is 20.6 Å². The molecule has 6 N–H and O–H groups in total. The highest BCUT2D eigenvalue weighted by Crippen LogP contribution is 2.32. The monoisotopic (exact) mass is 515 g/mol. The lowest BCUT2D eigenvalue weighted by Crippen LogP contribution is -2.36. The zero-order chi connectivity index (χ0) is 25.9. The number of aliphatic hydroxyl groups excluding tert-OH is 3. The third-order valence-electron chi connectivity index (χ3n) is 6.02. The van der Waals surface area contributed by atoms with Gasteiger partial charge in [-0.25, -0.2) is 15.1 Å². The Hall–Kier alpha value is -3.45. The van der Waals surface area contributed by atoms with Crippen molar-refractivity contribution in [1.29, 1.82) is 5.26 Å². The molecule has 13 nitrogen and oxygen atoms in total. The summed E-state index contributed by atoms with van der Waals surface area (Å²) in [6, 6.07) is 10.2. The van der Waals surface area contributed by atoms with E-state index in [1.54, 1.807) is 29.1 Å². The Kier molecular flexibility index (Phi) is 7.59. The Bertz CT molecular complexity index is 1360. The molecule has 0 amide bonds. The van der Waals surface area contributed by atoms with Crippen molar-refractivity contribution in [3.05, 3.63) is 71.4 Å². The average molecular weight is 516 g/mol. The van der Waals surface area contributed by atoms with E-state index in [1.807, 2.05) is 12.1 Å². The Morgan fingerprint density at radius 1 is 1.28 bits per heavy atom. The van der Waals surface area contributed by atoms with Crippen molar-refractivity contribution in [1.82, 2.24) is 19.7 Å². The predicted octanol–water partition coefficient (Wildman–Crippen LogP) is -0.583. The summed E-state index contributed by atoms with van der Waals surface area (Å²) in [6.07, 6.45) is 0.774. The first-order valence-electron chi connectivity index (χ1n) is 11.0. The maximum absolute atomic E-state index is 11.1. The van der Waals surface area contributed by atoms with Crippen molar-refractivity contribution < 1.29 is 27.9 Å². The Morgan fingerprint density at radius 3 is 2.81 bits per heavy atom. The average Bonchev–Trinajstić information content (AvgIpc) is 3.43. The van der Waals surface area contributed by atoms with Crippen LogP contribution in [0.15, 0.2) is 49.1 Å². The third kappa shape index (κ3) is 5.85. The highest BCUT2D eigenvalue weighted by Gasteiger charge is 2.42. The number of nitrogens with one attached hydrogen (secondary N) is 1. The molecule has 2 aromatic heterocycles. The third-order valence-corrected chi connectivity index (χ3v) is 6.48. The second kappa shape index (κ2) is 10.7. The molecule has 0 saturated heterocycles. The Morgan fingerprint density at radius 2 is 2.06 bits per heavy atom. The van der Waals surface area contributed by atoms with Crippen LogP contribution in [0.2, 0.25) is 0 Å². The first-order chi connectivity index (χ1) is 17.2. The molecule has 36 heavy (non-hydrogen) atoms. The van der Waals surface area contributed by atoms with Crippen LogP contribution in [0.4, 0.5) is 5.82 Å². The summed E-state index contributed by atoms with van der Waals surface area (Å²) in [7, 11) is -4.19. The second-order valence-corrected chi connectivity index (χ2v) is 9.66. The first-order valence-corrected chi connectivity index (χ1v) is 12.4. The van der Waals surface area contributed by atoms with Crippen LogP contribution in [0.5, 0.6) is 0 Å². The van der Waals surface area contributed by atoms with Crippen molar-refractivity contribution in [3.8, 4) is 6.07 Å². The second-order valence-electron chi connectivity index (χ2n) is 8.44. The van der Waals surface area contributed by atoms with Gasteiger partial charge in [0.2, 0.25) is 0 Å². The van der Waals surface area contributed by atoms with Gasteiger partial charge in [0, 0.05) is 23.9 Å². The molecule has 5 atom stereocenters. The molecule has 1 aromatic carbocycles. The van der Waals surface area contributed by atoms with E-state index < -0.39 is 40.6 Å². The molecule has 190 valence electrons. The van der Waals surface area contributed by atoms with Gasteiger partial charge in [-0.15, -0.1) is 0 Å². The molecular weight excluding hydrogens is 490 g/mol. The largest absolute Gasteiger partial charge is 0.390 e. The number of rotatable bonds is 9. The van der Waals surface area contributed by atoms with Crippen LogP contribution in [0.25, 0.3) is 0 Å². The quantitative estimate of drug-likeness (QED) is 0.243. The maximum atomic E-state index is 11.1. The van der Waals surface area contributed by atoms with Crippen LogP contribution in [0.3, 0.4) is 0 Å². The fourth-order valence-corrected chi connectivity index (χ4v) is 4.53. The number of nitriles is 1. The SMILES string of the molecule is N#Cc1ccccc1Cn1ccc(C(O)c2cncnc2N[C@@H]2C[C@H](COS(N)(=O)=O)[C@@H](O)[C@H]2O)n1. The summed E-state index contributed by atoms with van der Waals surface area (Å²) in [5.74, 6) is -0.482. The van der Waals surface area contributed by atoms with E-state index in [-0.39, 0.29) is 24.4 Å². The Balaban J connectivity index is 1.48. The van der Waals surface area contributed by atoms with E-state index in [9.17, 15) is 29.0 Å². The lowest BCUT2D eigenvalue weighted by Gasteiger charge is -2.21. The highest BCUT2D eigenvalue weighted by molar-refractivity contribution is 7.84. The standard InChI is InChI=1S/C22H25N7O6S/c23-8-13-3-1-2-4-14(13)10-29-6-5-17(28-29)20(31)16-9-25-12-26-22(16)27-18-7-15(19(30)21(18)32)11-35-36(24,33)34/h1-6,9,12,15,18-21,30-32H,7,10-11H2,(H2,24,33,34)(H,25,26,27)/t15-,18-,19-,20?,21+/m1/s1. The normalized spacial score (nSPS) is 22.8. The maximum Gasteiger partial charge on any atom is 0.333 e. The van der Waals surface area contributed by atoms with Gasteiger partial charge in [0.1, 0.15) is 24.4 Å². The molecule has 14 heteroatoms. The number of nitrogens with zero attached hydrogens (tertiary/aromatic N) is 5. The minimum absolute atomic E-state index is 0.157. The van der Waals surface area contributed by atoms with Gasteiger partial charge in [-0.3, -0.25) is 8.86 Å². The number of hydrogen-bond acceptors (Lipinski definition) is 11. The van der Waals surface area contributed by atoms with Crippen molar-refractivity contribution in [3.63, 3.8) is 0 Å². The molecular formula is C22H25N7O6S. The Labute approximate surface area is 207 Å². The topological polar surface area (TPSA) is 210 Å². The van der Waals surface area contributed by atoms with E-state index in [0.29, 0.717) is 17.8 Å². The predicted molar refractivity (Wildman–Crippen MR) is 125 cm³/mol. The molecule has 3 aromatic rings. The lowest BCUT2D eigenvalue weighted by atomic mass is 10.1. The summed E-state index contributed by atoms with van der Waals surface area (Å²) < 4.78 is 28.3. The minimum Gasteiger partial charge on any atom is -0.390 e. The summed E-state index contributed by atoms with van der Waals surface area (Å²) in [5, 5.41) is 53.3. The zero-order valence-electron chi connectivity index (χ0n) is 18.9. The molecule has 1 aliphatic rings. The molecule has 1 unspecified atom stereocenters. The van der Waals surface area contributed by atoms with Gasteiger partial charge in [-0.1, -0.05) is 18.2 Å². The molecule has 1 fully saturated rings. The molecule has 2 heterocycles. The van der Waals surface area contributed by atoms with Crippen LogP contribution in [-0.4, -0.2) is 68.3 Å². The van der Waals surface area contributed by atoms with E-state index in [0.717, 1.165) is 5.56 Å². The molecule has 0 aliphatic heterocycles. The molecule has 0 radical (unpaired) electrons. The number of anilines is 1. The highest BCUT2D eigenvalue weighted by atomic mass is 32.2. The van der Waals surface area contributed by atoms with Gasteiger partial charge in [0.25, 0.3) is 0 Å². The van der Waals surface area contributed by atoms with Crippen molar-refractivity contribution >= 4 is 16.1 Å². The van der Waals surface area contributed by atoms with Crippen LogP contribution in [0, 0.1) is 17.2 Å². The van der Waals surface area contributed by atoms with Crippen molar-refractivity contribution in [2.45, 2.75) is 37.3 Å². The molecule has 4 rings (SSSR count). The van der Waals surface area contributed by atoms with Gasteiger partial charge in [-0.2, -0.15) is 18.8 Å². The van der Waals surface area contributed by atoms with E-state index in [1.165, 1.54) is 12.5 Å². The summed E-state index contributed by atoms with van der Waals surface area (Å²) in [5.41, 5.74) is 1.91. The van der Waals surface area contributed by atoms with Crippen LogP contribution in [0.1, 0.15) is 34.9 Å². The van der Waals surface area contributed by atoms with E-state index in [2.05, 4.69) is 30.6 Å². The first kappa shape index (κ1) is 25.6. The van der Waals surface area contributed by atoms with Gasteiger partial charge >= 0.3 is 10.3 Å². The van der Waals surface area contributed by atoms with Crippen molar-refractivity contribution in [2.75, 3.05) is 11.9 Å². The van der Waals surface area contributed by atoms with Crippen molar-refractivity contribution in [2.24, 2.45) is 11.1 Å². The van der Waals surface area contributed by atoms with Gasteiger partial charge in [0.05, 0.1) is 42.6 Å². The summed E-state index contributed by atoms with van der Waals surface area (Å²) in [4.78, 5) is 8.14. The number of aromatic nitrogens is 4. The molecule has 1 aliphatic carbocycles. The van der Waals surface area contributed by atoms with Gasteiger partial charge in [0.15, 0.2) is 0 Å². The number of nitrogens with two attached hydrogens (primary N) is 1. The van der Waals surface area contributed by atoms with Crippen LogP contribution < -0.4 is 10.5 Å². The number of hydrogen-bond donors (Lipinski definition) is 5. The van der Waals surface area contributed by atoms with Gasteiger partial charge in [-0.05, 0) is 24.1 Å². The fraction of sp³-hybridized carbons (Fsp3) is 0.364. The van der Waals surface area contributed by atoms with E-state index >= 15 is 0 Å². The van der Waals surface area contributed by atoms with E-state index in [4.69, 9.17) is 5.14 Å². The molecule has 0 spiro atoms. The molecule has 1 saturated carbocycles. The number of benzene rings is 1. The smallest absolute Gasteiger partial charge is 0.333 e. The van der Waals surface area contributed by atoms with Crippen LogP contribution in [-0.2, 0) is 21.0 Å². The zero-order valence-corrected chi connectivity index (χ0v) is 19.7. The summed E-state index contributed by atoms with van der Waals surface area (Å²) in [6.45, 7) is -0.0537. The minimum atomic E-state index is -4.19. The number of aliphatic hydroxyl groups is 3.